The first-order valence-corrected chi connectivity index (χ1v) is 5.15. The van der Waals surface area contributed by atoms with Gasteiger partial charge in [0.1, 0.15) is 5.76 Å². The van der Waals surface area contributed by atoms with Crippen molar-refractivity contribution in [3.8, 4) is 0 Å². The summed E-state index contributed by atoms with van der Waals surface area (Å²) in [6.45, 7) is 0.754. The van der Waals surface area contributed by atoms with Gasteiger partial charge in [-0.1, -0.05) is 0 Å². The van der Waals surface area contributed by atoms with Crippen LogP contribution in [0, 0.1) is 5.92 Å². The van der Waals surface area contributed by atoms with Crippen LogP contribution in [0.2, 0.25) is 0 Å². The molecule has 1 aromatic heterocycles. The van der Waals surface area contributed by atoms with Crippen molar-refractivity contribution in [3.63, 3.8) is 0 Å². The van der Waals surface area contributed by atoms with Gasteiger partial charge in [-0.15, -0.1) is 0 Å². The summed E-state index contributed by atoms with van der Waals surface area (Å²) < 4.78 is 5.49. The van der Waals surface area contributed by atoms with Crippen LogP contribution < -0.4 is 5.73 Å². The van der Waals surface area contributed by atoms with Crippen LogP contribution >= 0.6 is 0 Å². The number of nitrogens with two attached hydrogens (primary N) is 1. The van der Waals surface area contributed by atoms with E-state index in [1.54, 1.807) is 6.26 Å². The first-order valence-electron chi connectivity index (χ1n) is 5.15. The summed E-state index contributed by atoms with van der Waals surface area (Å²) in [7, 11) is 4.22. The highest BCUT2D eigenvalue weighted by Crippen LogP contribution is 2.36. The molecule has 0 radical (unpaired) electrons. The number of fused-ring (bicyclic) bond motifs is 1. The Labute approximate surface area is 84.9 Å². The van der Waals surface area contributed by atoms with Gasteiger partial charge >= 0.3 is 0 Å². The van der Waals surface area contributed by atoms with Crippen molar-refractivity contribution in [1.29, 1.82) is 0 Å². The van der Waals surface area contributed by atoms with Crippen LogP contribution in [-0.4, -0.2) is 25.5 Å². The monoisotopic (exact) mass is 194 g/mol. The molecule has 0 aliphatic heterocycles. The first-order chi connectivity index (χ1) is 6.72. The van der Waals surface area contributed by atoms with E-state index in [0.29, 0.717) is 12.0 Å². The van der Waals surface area contributed by atoms with E-state index in [1.807, 2.05) is 0 Å². The number of hydrogen-bond acceptors (Lipinski definition) is 3. The van der Waals surface area contributed by atoms with Crippen LogP contribution in [0.4, 0.5) is 0 Å². The summed E-state index contributed by atoms with van der Waals surface area (Å²) in [6.07, 6.45) is 3.94. The maximum absolute atomic E-state index is 5.73. The van der Waals surface area contributed by atoms with Gasteiger partial charge < -0.3 is 15.1 Å². The lowest BCUT2D eigenvalue weighted by molar-refractivity contribution is 0.222. The Balaban J connectivity index is 2.27. The van der Waals surface area contributed by atoms with Crippen LogP contribution in [0.25, 0.3) is 0 Å². The second kappa shape index (κ2) is 3.75. The molecule has 1 heterocycles. The Morgan fingerprint density at radius 1 is 1.57 bits per heavy atom. The maximum Gasteiger partial charge on any atom is 0.108 e. The molecule has 2 rings (SSSR count). The van der Waals surface area contributed by atoms with Gasteiger partial charge in [0.2, 0.25) is 0 Å². The molecule has 1 aliphatic rings. The summed E-state index contributed by atoms with van der Waals surface area (Å²) >= 11 is 0. The summed E-state index contributed by atoms with van der Waals surface area (Å²) in [5.74, 6) is 1.70. The van der Waals surface area contributed by atoms with Crippen molar-refractivity contribution in [1.82, 2.24) is 4.90 Å². The Bertz CT molecular complexity index is 306. The van der Waals surface area contributed by atoms with Gasteiger partial charge in [0.25, 0.3) is 0 Å². The Morgan fingerprint density at radius 2 is 2.36 bits per heavy atom. The molecule has 0 fully saturated rings. The molecular formula is C11H18N2O. The van der Waals surface area contributed by atoms with Crippen molar-refractivity contribution in [2.24, 2.45) is 11.7 Å². The van der Waals surface area contributed by atoms with E-state index in [-0.39, 0.29) is 0 Å². The zero-order valence-corrected chi connectivity index (χ0v) is 8.86. The summed E-state index contributed by atoms with van der Waals surface area (Å²) in [5, 5.41) is 0. The highest BCUT2D eigenvalue weighted by molar-refractivity contribution is 5.25. The summed E-state index contributed by atoms with van der Waals surface area (Å²) in [5.41, 5.74) is 7.08. The van der Waals surface area contributed by atoms with E-state index in [4.69, 9.17) is 10.2 Å². The highest BCUT2D eigenvalue weighted by atomic mass is 16.3. The third kappa shape index (κ3) is 1.57. The molecular weight excluding hydrogens is 176 g/mol. The molecule has 2 N–H and O–H groups in total. The first kappa shape index (κ1) is 9.74. The number of hydrogen-bond donors (Lipinski definition) is 1. The predicted molar refractivity (Wildman–Crippen MR) is 56.0 cm³/mol. The van der Waals surface area contributed by atoms with Crippen molar-refractivity contribution >= 4 is 0 Å². The molecule has 2 atom stereocenters. The maximum atomic E-state index is 5.73. The van der Waals surface area contributed by atoms with Gasteiger partial charge in [-0.25, -0.2) is 0 Å². The van der Waals surface area contributed by atoms with Gasteiger partial charge in [0.15, 0.2) is 0 Å². The number of nitrogens with zero attached hydrogens (tertiary/aromatic N) is 1. The Kier molecular flexibility index (Phi) is 2.61. The van der Waals surface area contributed by atoms with Crippen molar-refractivity contribution < 1.29 is 4.42 Å². The van der Waals surface area contributed by atoms with Crippen molar-refractivity contribution in [3.05, 3.63) is 23.7 Å². The lowest BCUT2D eigenvalue weighted by Gasteiger charge is -2.32. The molecule has 3 nitrogen and oxygen atoms in total. The van der Waals surface area contributed by atoms with E-state index in [0.717, 1.165) is 25.1 Å². The van der Waals surface area contributed by atoms with Crippen LogP contribution in [0.1, 0.15) is 23.8 Å². The fourth-order valence-corrected chi connectivity index (χ4v) is 2.27. The standard InChI is InChI=1S/C11H18N2O/c1-13(2)10-5-8(7-12)6-11-9(10)3-4-14-11/h3-4,8,10H,5-7,12H2,1-2H3. The minimum absolute atomic E-state index is 0.478. The zero-order valence-electron chi connectivity index (χ0n) is 8.86. The molecule has 0 saturated heterocycles. The number of furan rings is 1. The fourth-order valence-electron chi connectivity index (χ4n) is 2.27. The van der Waals surface area contributed by atoms with E-state index in [2.05, 4.69) is 25.1 Å². The smallest absolute Gasteiger partial charge is 0.108 e. The molecule has 0 bridgehead atoms. The lowest BCUT2D eigenvalue weighted by Crippen LogP contribution is -2.30. The lowest BCUT2D eigenvalue weighted by atomic mass is 9.84. The topological polar surface area (TPSA) is 42.4 Å². The molecule has 1 aromatic rings. The molecule has 14 heavy (non-hydrogen) atoms. The largest absolute Gasteiger partial charge is 0.469 e. The second-order valence-electron chi connectivity index (χ2n) is 4.32. The minimum Gasteiger partial charge on any atom is -0.469 e. The number of rotatable bonds is 2. The van der Waals surface area contributed by atoms with Crippen LogP contribution in [0.3, 0.4) is 0 Å². The second-order valence-corrected chi connectivity index (χ2v) is 4.32. The third-order valence-electron chi connectivity index (χ3n) is 3.13. The molecule has 0 spiro atoms. The fraction of sp³-hybridized carbons (Fsp3) is 0.636. The van der Waals surface area contributed by atoms with E-state index >= 15 is 0 Å². The van der Waals surface area contributed by atoms with Crippen molar-refractivity contribution in [2.75, 3.05) is 20.6 Å². The highest BCUT2D eigenvalue weighted by Gasteiger charge is 2.29. The van der Waals surface area contributed by atoms with Gasteiger partial charge in [-0.05, 0) is 39.0 Å². The van der Waals surface area contributed by atoms with Crippen LogP contribution in [0.5, 0.6) is 0 Å². The SMILES string of the molecule is CN(C)C1CC(CN)Cc2occc21. The summed E-state index contributed by atoms with van der Waals surface area (Å²) in [4.78, 5) is 2.25. The van der Waals surface area contributed by atoms with Crippen molar-refractivity contribution in [2.45, 2.75) is 18.9 Å². The van der Waals surface area contributed by atoms with Gasteiger partial charge in [0, 0.05) is 18.0 Å². The van der Waals surface area contributed by atoms with Crippen LogP contribution in [-0.2, 0) is 6.42 Å². The normalized spacial score (nSPS) is 26.6. The Hall–Kier alpha value is -0.800. The van der Waals surface area contributed by atoms with Gasteiger partial charge in [-0.2, -0.15) is 0 Å². The molecule has 1 aliphatic carbocycles. The summed E-state index contributed by atoms with van der Waals surface area (Å²) in [6, 6.07) is 2.57. The van der Waals surface area contributed by atoms with Gasteiger partial charge in [0.05, 0.1) is 6.26 Å². The average molecular weight is 194 g/mol. The molecule has 3 heteroatoms. The van der Waals surface area contributed by atoms with E-state index in [9.17, 15) is 0 Å². The molecule has 0 amide bonds. The average Bonchev–Trinajstić information content (AvgIpc) is 2.63. The molecule has 78 valence electrons. The Morgan fingerprint density at radius 3 is 3.00 bits per heavy atom. The predicted octanol–water partition coefficient (Wildman–Crippen LogP) is 1.40. The molecule has 0 aromatic carbocycles. The zero-order chi connectivity index (χ0) is 10.1. The van der Waals surface area contributed by atoms with Gasteiger partial charge in [-0.3, -0.25) is 0 Å². The molecule has 2 unspecified atom stereocenters. The van der Waals surface area contributed by atoms with Crippen LogP contribution in [0.15, 0.2) is 16.7 Å². The van der Waals surface area contributed by atoms with E-state index < -0.39 is 0 Å². The third-order valence-corrected chi connectivity index (χ3v) is 3.13. The molecule has 0 saturated carbocycles. The minimum atomic E-state index is 0.478. The van der Waals surface area contributed by atoms with E-state index in [1.165, 1.54) is 5.56 Å². The quantitative estimate of drug-likeness (QED) is 0.774.